The van der Waals surface area contributed by atoms with E-state index in [0.29, 0.717) is 12.6 Å². The molecule has 2 unspecified atom stereocenters. The second kappa shape index (κ2) is 2.32. The average molecular weight is 153 g/mol. The number of aliphatic hydroxyl groups excluding tert-OH is 1. The molecule has 8 heavy (non-hydrogen) atoms. The smallest absolute Gasteiger partial charge is 0.211 e. The van der Waals surface area contributed by atoms with Crippen LogP contribution in [0, 0.1) is 0 Å². The second-order valence-electron chi connectivity index (χ2n) is 1.73. The summed E-state index contributed by atoms with van der Waals surface area (Å²) in [6.45, 7) is 0. The predicted molar refractivity (Wildman–Crippen MR) is 33.3 cm³/mol. The van der Waals surface area contributed by atoms with Crippen molar-refractivity contribution in [3.05, 3.63) is 0 Å². The Kier molecular flexibility index (Phi) is 1.88. The fraction of sp³-hybridized carbons (Fsp3) is 0.750. The lowest BCUT2D eigenvalue weighted by Crippen LogP contribution is -2.08. The number of rotatable bonds is 0. The van der Waals surface area contributed by atoms with Crippen LogP contribution < -0.4 is 4.89 Å². The number of aliphatic hydroxyl groups is 1. The zero-order valence-corrected chi connectivity index (χ0v) is 5.82. The highest BCUT2D eigenvalue weighted by Crippen LogP contribution is 2.28. The van der Waals surface area contributed by atoms with Crippen LogP contribution in [-0.4, -0.2) is 22.1 Å². The van der Waals surface area contributed by atoms with Crippen LogP contribution in [0.4, 0.5) is 0 Å². The standard InChI is InChI=1S/C4H6ClO2P/c5-4-3(6)1-2-8(4)7/h3,6H,1-2H2. The molecular weight excluding hydrogens is 146 g/mol. The van der Waals surface area contributed by atoms with Crippen LogP contribution >= 0.6 is 19.4 Å². The van der Waals surface area contributed by atoms with Gasteiger partial charge in [-0.1, -0.05) is 0 Å². The monoisotopic (exact) mass is 152 g/mol. The van der Waals surface area contributed by atoms with E-state index in [0.717, 1.165) is 0 Å². The van der Waals surface area contributed by atoms with Gasteiger partial charge in [-0.15, -0.1) is 0 Å². The molecule has 0 amide bonds. The first-order chi connectivity index (χ1) is 3.72. The fourth-order valence-corrected chi connectivity index (χ4v) is 2.15. The lowest BCUT2D eigenvalue weighted by atomic mass is 10.3. The Labute approximate surface area is 53.6 Å². The number of hydrogen-bond donors (Lipinski definition) is 1. The van der Waals surface area contributed by atoms with Gasteiger partial charge in [0.2, 0.25) is 4.75 Å². The summed E-state index contributed by atoms with van der Waals surface area (Å²) in [5.41, 5.74) is 0. The molecule has 46 valence electrons. The highest BCUT2D eigenvalue weighted by atomic mass is 35.5. The Morgan fingerprint density at radius 1 is 1.88 bits per heavy atom. The van der Waals surface area contributed by atoms with Gasteiger partial charge in [-0.05, 0) is 11.6 Å². The van der Waals surface area contributed by atoms with Gasteiger partial charge >= 0.3 is 0 Å². The van der Waals surface area contributed by atoms with Crippen molar-refractivity contribution >= 4 is 24.1 Å². The normalized spacial score (nSPS) is 34.1. The van der Waals surface area contributed by atoms with Crippen molar-refractivity contribution in [1.29, 1.82) is 0 Å². The van der Waals surface area contributed by atoms with Gasteiger partial charge in [0, 0.05) is 6.42 Å². The molecular formula is C4H6ClO2P. The molecule has 2 nitrogen and oxygen atoms in total. The van der Waals surface area contributed by atoms with Gasteiger partial charge < -0.3 is 10.00 Å². The van der Waals surface area contributed by atoms with Crippen molar-refractivity contribution in [3.8, 4) is 0 Å². The fourth-order valence-electron chi connectivity index (χ4n) is 0.632. The van der Waals surface area contributed by atoms with Crippen LogP contribution in [0.15, 0.2) is 0 Å². The molecule has 2 atom stereocenters. The van der Waals surface area contributed by atoms with Crippen molar-refractivity contribution < 1.29 is 10.00 Å². The van der Waals surface area contributed by atoms with Gasteiger partial charge in [-0.2, -0.15) is 0 Å². The first kappa shape index (κ1) is 6.50. The van der Waals surface area contributed by atoms with E-state index in [4.69, 9.17) is 16.7 Å². The Morgan fingerprint density at radius 2 is 2.50 bits per heavy atom. The van der Waals surface area contributed by atoms with E-state index >= 15 is 0 Å². The zero-order valence-electron chi connectivity index (χ0n) is 4.17. The molecule has 0 saturated carbocycles. The maximum Gasteiger partial charge on any atom is 0.211 e. The molecule has 1 aliphatic rings. The molecule has 1 N–H and O–H groups in total. The van der Waals surface area contributed by atoms with E-state index in [9.17, 15) is 4.89 Å². The minimum absolute atomic E-state index is 0.250. The molecule has 0 aliphatic carbocycles. The molecule has 0 bridgehead atoms. The van der Waals surface area contributed by atoms with E-state index in [-0.39, 0.29) is 4.75 Å². The molecule has 4 heteroatoms. The van der Waals surface area contributed by atoms with Crippen LogP contribution in [0.1, 0.15) is 6.42 Å². The Balaban J connectivity index is 2.71. The molecule has 0 spiro atoms. The highest BCUT2D eigenvalue weighted by Gasteiger charge is 2.25. The van der Waals surface area contributed by atoms with Gasteiger partial charge in [0.25, 0.3) is 0 Å². The summed E-state index contributed by atoms with van der Waals surface area (Å²) in [5, 5.41) is 8.82. The van der Waals surface area contributed by atoms with Crippen LogP contribution in [0.3, 0.4) is 0 Å². The third-order valence-corrected chi connectivity index (χ3v) is 3.38. The van der Waals surface area contributed by atoms with E-state index in [2.05, 4.69) is 0 Å². The van der Waals surface area contributed by atoms with Crippen LogP contribution in [-0.2, 0) is 0 Å². The van der Waals surface area contributed by atoms with Crippen LogP contribution in [0.5, 0.6) is 0 Å². The summed E-state index contributed by atoms with van der Waals surface area (Å²) in [7, 11) is -1.38. The Bertz CT molecular complexity index is 134. The third-order valence-electron chi connectivity index (χ3n) is 1.12. The molecule has 0 radical (unpaired) electrons. The summed E-state index contributed by atoms with van der Waals surface area (Å²) < 4.78 is 0.250. The van der Waals surface area contributed by atoms with Gasteiger partial charge in [0.1, 0.15) is 12.3 Å². The maximum absolute atomic E-state index is 10.6. The Hall–Kier alpha value is 0.380. The lowest BCUT2D eigenvalue weighted by Gasteiger charge is -1.90. The first-order valence-corrected chi connectivity index (χ1v) is 4.19. The van der Waals surface area contributed by atoms with Crippen molar-refractivity contribution in [2.24, 2.45) is 0 Å². The average Bonchev–Trinajstić information content (AvgIpc) is 1.98. The molecule has 1 heterocycles. The summed E-state index contributed by atoms with van der Waals surface area (Å²) in [6, 6.07) is 0. The highest BCUT2D eigenvalue weighted by molar-refractivity contribution is 7.56. The van der Waals surface area contributed by atoms with E-state index in [1.165, 1.54) is 0 Å². The molecule has 0 saturated heterocycles. The summed E-state index contributed by atoms with van der Waals surface area (Å²) in [6.07, 6.45) is 0.504. The minimum Gasteiger partial charge on any atom is -0.629 e. The van der Waals surface area contributed by atoms with E-state index < -0.39 is 13.9 Å². The van der Waals surface area contributed by atoms with Crippen molar-refractivity contribution in [3.63, 3.8) is 0 Å². The van der Waals surface area contributed by atoms with Crippen molar-refractivity contribution in [2.45, 2.75) is 12.5 Å². The molecule has 0 aromatic rings. The summed E-state index contributed by atoms with van der Waals surface area (Å²) in [5.74, 6) is 0. The van der Waals surface area contributed by atoms with Gasteiger partial charge in [0.15, 0.2) is 0 Å². The molecule has 0 aromatic heterocycles. The zero-order chi connectivity index (χ0) is 6.15. The molecule has 0 aromatic carbocycles. The van der Waals surface area contributed by atoms with Crippen molar-refractivity contribution in [2.75, 3.05) is 6.16 Å². The Morgan fingerprint density at radius 3 is 2.62 bits per heavy atom. The van der Waals surface area contributed by atoms with Crippen LogP contribution in [0.2, 0.25) is 0 Å². The third kappa shape index (κ3) is 1.03. The number of halogens is 1. The second-order valence-corrected chi connectivity index (χ2v) is 4.09. The molecule has 1 aliphatic heterocycles. The lowest BCUT2D eigenvalue weighted by molar-refractivity contribution is -0.152. The topological polar surface area (TPSA) is 43.3 Å². The van der Waals surface area contributed by atoms with Gasteiger partial charge in [-0.3, -0.25) is 0 Å². The molecule has 1 rings (SSSR count). The van der Waals surface area contributed by atoms with E-state index in [1.807, 2.05) is 0 Å². The summed E-state index contributed by atoms with van der Waals surface area (Å²) in [4.78, 5) is 10.6. The SMILES string of the molecule is [O-][P+]1=C(Cl)C(O)CC1. The molecule has 0 fully saturated rings. The predicted octanol–water partition coefficient (Wildman–Crippen LogP) is -0.123. The largest absolute Gasteiger partial charge is 0.629 e. The maximum atomic E-state index is 10.6. The van der Waals surface area contributed by atoms with Crippen molar-refractivity contribution in [1.82, 2.24) is 0 Å². The first-order valence-electron chi connectivity index (χ1n) is 2.37. The number of hydrogen-bond acceptors (Lipinski definition) is 2. The summed E-state index contributed by atoms with van der Waals surface area (Å²) >= 11 is 5.40. The van der Waals surface area contributed by atoms with Crippen LogP contribution in [0.25, 0.3) is 0 Å². The van der Waals surface area contributed by atoms with Gasteiger partial charge in [0.05, 0.1) is 7.77 Å². The minimum atomic E-state index is -1.38. The van der Waals surface area contributed by atoms with E-state index in [1.54, 1.807) is 0 Å². The quantitative estimate of drug-likeness (QED) is 0.492. The van der Waals surface area contributed by atoms with Gasteiger partial charge in [-0.25, -0.2) is 0 Å².